The molecular formula is C25H30F4N4O3. The van der Waals surface area contributed by atoms with Crippen molar-refractivity contribution < 1.29 is 31.9 Å². The number of ether oxygens (including phenoxy) is 1. The van der Waals surface area contributed by atoms with Gasteiger partial charge in [0.05, 0.1) is 5.56 Å². The minimum Gasteiger partial charge on any atom is -0.477 e. The highest BCUT2D eigenvalue weighted by molar-refractivity contribution is 5.92. The molecule has 0 saturated carbocycles. The van der Waals surface area contributed by atoms with Crippen LogP contribution in [0.3, 0.4) is 0 Å². The number of benzene rings is 1. The first-order valence-electron chi connectivity index (χ1n) is 11.7. The van der Waals surface area contributed by atoms with Crippen molar-refractivity contribution in [2.75, 3.05) is 11.4 Å². The predicted octanol–water partition coefficient (Wildman–Crippen LogP) is 4.45. The van der Waals surface area contributed by atoms with Gasteiger partial charge < -0.3 is 20.7 Å². The summed E-state index contributed by atoms with van der Waals surface area (Å²) in [6.07, 6.45) is -0.519. The van der Waals surface area contributed by atoms with Crippen LogP contribution < -0.4 is 20.7 Å². The molecule has 2 unspecified atom stereocenters. The number of halogens is 4. The summed E-state index contributed by atoms with van der Waals surface area (Å²) in [7, 11) is 0. The predicted molar refractivity (Wildman–Crippen MR) is 126 cm³/mol. The summed E-state index contributed by atoms with van der Waals surface area (Å²) < 4.78 is 58.9. The molecule has 0 radical (unpaired) electrons. The van der Waals surface area contributed by atoms with E-state index in [0.29, 0.717) is 36.8 Å². The highest BCUT2D eigenvalue weighted by Gasteiger charge is 2.39. The van der Waals surface area contributed by atoms with Crippen molar-refractivity contribution in [2.24, 2.45) is 5.73 Å². The molecule has 1 saturated heterocycles. The Hall–Kier alpha value is -3.37. The van der Waals surface area contributed by atoms with E-state index >= 15 is 0 Å². The number of nitrogens with one attached hydrogen (secondary N) is 1. The number of nitrogens with two attached hydrogens (primary N) is 1. The molecule has 196 valence electrons. The summed E-state index contributed by atoms with van der Waals surface area (Å²) in [6, 6.07) is 5.25. The van der Waals surface area contributed by atoms with Crippen LogP contribution >= 0.6 is 0 Å². The van der Waals surface area contributed by atoms with Crippen molar-refractivity contribution in [3.8, 4) is 5.75 Å². The van der Waals surface area contributed by atoms with Crippen LogP contribution in [0.2, 0.25) is 0 Å². The standard InChI is InChI=1S/C25H30F4N4O3/c1-4-5-18-13-17(10-11-33(18)21-9-6-15(14-31-21)22(30)34)32-23(35)24(2,3)36-20-8-7-16(26)12-19(20)25(27,28)29/h6-9,12,14,17-18H,4-5,10-11,13H2,1-3H3,(H2,30,34)(H,32,35). The quantitative estimate of drug-likeness (QED) is 0.512. The molecule has 11 heteroatoms. The lowest BCUT2D eigenvalue weighted by molar-refractivity contribution is -0.144. The molecule has 2 aromatic rings. The van der Waals surface area contributed by atoms with E-state index in [1.54, 1.807) is 12.1 Å². The fraction of sp³-hybridized carbons (Fsp3) is 0.480. The number of anilines is 1. The average molecular weight is 511 g/mol. The number of hydrogen-bond donors (Lipinski definition) is 2. The summed E-state index contributed by atoms with van der Waals surface area (Å²) in [5, 5.41) is 2.91. The number of aromatic nitrogens is 1. The van der Waals surface area contributed by atoms with Crippen LogP contribution in [0, 0.1) is 5.82 Å². The molecule has 3 rings (SSSR count). The van der Waals surface area contributed by atoms with Gasteiger partial charge in [0.15, 0.2) is 5.60 Å². The summed E-state index contributed by atoms with van der Waals surface area (Å²) in [6.45, 7) is 5.36. The van der Waals surface area contributed by atoms with E-state index in [0.717, 1.165) is 25.0 Å². The van der Waals surface area contributed by atoms with Gasteiger partial charge in [0.2, 0.25) is 5.91 Å². The number of nitrogens with zero attached hydrogens (tertiary/aromatic N) is 2. The van der Waals surface area contributed by atoms with Gasteiger partial charge >= 0.3 is 6.18 Å². The summed E-state index contributed by atoms with van der Waals surface area (Å²) >= 11 is 0. The molecule has 1 aliphatic heterocycles. The van der Waals surface area contributed by atoms with E-state index in [2.05, 4.69) is 15.2 Å². The van der Waals surface area contributed by atoms with E-state index in [-0.39, 0.29) is 12.1 Å². The first kappa shape index (κ1) is 27.2. The largest absolute Gasteiger partial charge is 0.477 e. The Bertz CT molecular complexity index is 1090. The van der Waals surface area contributed by atoms with E-state index < -0.39 is 40.7 Å². The Kier molecular flexibility index (Phi) is 8.10. The molecule has 3 N–H and O–H groups in total. The van der Waals surface area contributed by atoms with Gasteiger partial charge in [0, 0.05) is 24.8 Å². The van der Waals surface area contributed by atoms with Crippen molar-refractivity contribution in [1.82, 2.24) is 10.3 Å². The number of pyridine rings is 1. The number of carbonyl (C=O) groups excluding carboxylic acids is 2. The fourth-order valence-corrected chi connectivity index (χ4v) is 4.29. The second-order valence-electron chi connectivity index (χ2n) is 9.35. The minimum atomic E-state index is -4.84. The third-order valence-electron chi connectivity index (χ3n) is 6.16. The zero-order valence-corrected chi connectivity index (χ0v) is 20.4. The highest BCUT2D eigenvalue weighted by atomic mass is 19.4. The molecule has 2 amide bonds. The molecule has 1 aliphatic rings. The average Bonchev–Trinajstić information content (AvgIpc) is 2.80. The van der Waals surface area contributed by atoms with Gasteiger partial charge in [0.25, 0.3) is 5.91 Å². The Labute approximate surface area is 207 Å². The third-order valence-corrected chi connectivity index (χ3v) is 6.16. The van der Waals surface area contributed by atoms with Crippen LogP contribution in [0.4, 0.5) is 23.4 Å². The van der Waals surface area contributed by atoms with Gasteiger partial charge in [-0.1, -0.05) is 13.3 Å². The van der Waals surface area contributed by atoms with Gasteiger partial charge in [-0.05, 0) is 63.4 Å². The second-order valence-corrected chi connectivity index (χ2v) is 9.35. The van der Waals surface area contributed by atoms with Crippen LogP contribution in [-0.2, 0) is 11.0 Å². The molecule has 7 nitrogen and oxygen atoms in total. The Balaban J connectivity index is 1.70. The third kappa shape index (κ3) is 6.44. The van der Waals surface area contributed by atoms with Gasteiger partial charge in [-0.3, -0.25) is 9.59 Å². The zero-order valence-electron chi connectivity index (χ0n) is 20.4. The number of carbonyl (C=O) groups is 2. The van der Waals surface area contributed by atoms with E-state index in [9.17, 15) is 27.2 Å². The number of hydrogen-bond acceptors (Lipinski definition) is 5. The molecule has 1 aromatic carbocycles. The monoisotopic (exact) mass is 510 g/mol. The lowest BCUT2D eigenvalue weighted by atomic mass is 9.93. The second kappa shape index (κ2) is 10.7. The topological polar surface area (TPSA) is 97.5 Å². The molecular weight excluding hydrogens is 480 g/mol. The highest BCUT2D eigenvalue weighted by Crippen LogP contribution is 2.38. The van der Waals surface area contributed by atoms with E-state index in [1.807, 2.05) is 6.92 Å². The molecule has 1 fully saturated rings. The van der Waals surface area contributed by atoms with Crippen molar-refractivity contribution in [1.29, 1.82) is 0 Å². The molecule has 0 aliphatic carbocycles. The first-order chi connectivity index (χ1) is 16.8. The van der Waals surface area contributed by atoms with E-state index in [4.69, 9.17) is 10.5 Å². The lowest BCUT2D eigenvalue weighted by Crippen LogP contribution is -2.55. The number of rotatable bonds is 8. The van der Waals surface area contributed by atoms with Crippen LogP contribution in [0.15, 0.2) is 36.5 Å². The number of amides is 2. The Morgan fingerprint density at radius 2 is 1.94 bits per heavy atom. The van der Waals surface area contributed by atoms with Crippen molar-refractivity contribution in [3.05, 3.63) is 53.5 Å². The lowest BCUT2D eigenvalue weighted by Gasteiger charge is -2.41. The van der Waals surface area contributed by atoms with E-state index in [1.165, 1.54) is 20.0 Å². The molecule has 1 aromatic heterocycles. The summed E-state index contributed by atoms with van der Waals surface area (Å²) in [5.74, 6) is -2.11. The minimum absolute atomic E-state index is 0.0546. The summed E-state index contributed by atoms with van der Waals surface area (Å²) in [5.41, 5.74) is 2.68. The molecule has 0 bridgehead atoms. The first-order valence-corrected chi connectivity index (χ1v) is 11.7. The molecule has 2 heterocycles. The van der Waals surface area contributed by atoms with Crippen molar-refractivity contribution in [3.63, 3.8) is 0 Å². The van der Waals surface area contributed by atoms with Gasteiger partial charge in [0.1, 0.15) is 22.9 Å². The number of piperidine rings is 1. The zero-order chi connectivity index (χ0) is 26.7. The van der Waals surface area contributed by atoms with Gasteiger partial charge in [-0.2, -0.15) is 13.2 Å². The van der Waals surface area contributed by atoms with Crippen LogP contribution in [-0.4, -0.2) is 41.0 Å². The Morgan fingerprint density at radius 3 is 2.53 bits per heavy atom. The maximum atomic E-state index is 13.4. The van der Waals surface area contributed by atoms with Crippen molar-refractivity contribution in [2.45, 2.75) is 70.3 Å². The normalized spacial score (nSPS) is 18.6. The smallest absolute Gasteiger partial charge is 0.420 e. The Morgan fingerprint density at radius 1 is 1.22 bits per heavy atom. The van der Waals surface area contributed by atoms with Crippen LogP contribution in [0.5, 0.6) is 5.75 Å². The van der Waals surface area contributed by atoms with Crippen LogP contribution in [0.25, 0.3) is 0 Å². The maximum absolute atomic E-state index is 13.4. The summed E-state index contributed by atoms with van der Waals surface area (Å²) in [4.78, 5) is 30.8. The van der Waals surface area contributed by atoms with Gasteiger partial charge in [-0.25, -0.2) is 9.37 Å². The molecule has 2 atom stereocenters. The van der Waals surface area contributed by atoms with Crippen LogP contribution in [0.1, 0.15) is 62.4 Å². The van der Waals surface area contributed by atoms with Gasteiger partial charge in [-0.15, -0.1) is 0 Å². The number of primary amides is 1. The SMILES string of the molecule is CCCC1CC(NC(=O)C(C)(C)Oc2ccc(F)cc2C(F)(F)F)CCN1c1ccc(C(N)=O)cn1. The number of alkyl halides is 3. The van der Waals surface area contributed by atoms with Crippen molar-refractivity contribution >= 4 is 17.6 Å². The molecule has 0 spiro atoms. The maximum Gasteiger partial charge on any atom is 0.420 e. The molecule has 36 heavy (non-hydrogen) atoms. The fourth-order valence-electron chi connectivity index (χ4n) is 4.29.